The number of nitrogens with zero attached hydrogens (tertiary/aromatic N) is 1. The number of likely N-dealkylation sites (tertiary alicyclic amines) is 1. The zero-order chi connectivity index (χ0) is 14.2. The lowest BCUT2D eigenvalue weighted by Crippen LogP contribution is -2.37. The van der Waals surface area contributed by atoms with Gasteiger partial charge in [0.2, 0.25) is 0 Å². The van der Waals surface area contributed by atoms with Crippen LogP contribution in [0.5, 0.6) is 0 Å². The summed E-state index contributed by atoms with van der Waals surface area (Å²) in [6.07, 6.45) is 4.96. The van der Waals surface area contributed by atoms with Crippen LogP contribution in [0.25, 0.3) is 0 Å². The Bertz CT molecular complexity index is 549. The highest BCUT2D eigenvalue weighted by Gasteiger charge is 2.44. The number of hydrogen-bond acceptors (Lipinski definition) is 2. The molecular formula is C16H20N2O2. The molecule has 1 saturated heterocycles. The van der Waals surface area contributed by atoms with Gasteiger partial charge in [-0.15, -0.1) is 0 Å². The summed E-state index contributed by atoms with van der Waals surface area (Å²) in [7, 11) is 0. The summed E-state index contributed by atoms with van der Waals surface area (Å²) in [5, 5.41) is 2.90. The van der Waals surface area contributed by atoms with E-state index < -0.39 is 0 Å². The van der Waals surface area contributed by atoms with E-state index >= 15 is 0 Å². The van der Waals surface area contributed by atoms with E-state index in [1.54, 1.807) is 18.2 Å². The molecule has 2 fully saturated rings. The number of nitrogens with one attached hydrogen (secondary N) is 1. The SMILES string of the molecule is CC(=O)c1cccc(NC(=O)N2CCC3(CCC3)C2)c1. The van der Waals surface area contributed by atoms with Gasteiger partial charge in [0.15, 0.2) is 5.78 Å². The third kappa shape index (κ3) is 2.42. The fraction of sp³-hybridized carbons (Fsp3) is 0.500. The average molecular weight is 272 g/mol. The summed E-state index contributed by atoms with van der Waals surface area (Å²) in [4.78, 5) is 25.5. The van der Waals surface area contributed by atoms with Crippen molar-refractivity contribution in [3.05, 3.63) is 29.8 Å². The summed E-state index contributed by atoms with van der Waals surface area (Å²) in [6, 6.07) is 7.06. The van der Waals surface area contributed by atoms with Crippen molar-refractivity contribution in [2.75, 3.05) is 18.4 Å². The fourth-order valence-electron chi connectivity index (χ4n) is 3.21. The molecule has 1 N–H and O–H groups in total. The second-order valence-corrected chi connectivity index (χ2v) is 6.09. The van der Waals surface area contributed by atoms with Gasteiger partial charge in [0.1, 0.15) is 0 Å². The third-order valence-electron chi connectivity index (χ3n) is 4.66. The summed E-state index contributed by atoms with van der Waals surface area (Å²) in [5.41, 5.74) is 1.73. The number of rotatable bonds is 2. The predicted octanol–water partition coefficient (Wildman–Crippen LogP) is 3.30. The molecule has 0 unspecified atom stereocenters. The normalized spacial score (nSPS) is 19.8. The van der Waals surface area contributed by atoms with Gasteiger partial charge in [-0.1, -0.05) is 18.6 Å². The molecular weight excluding hydrogens is 252 g/mol. The molecule has 1 aliphatic heterocycles. The molecule has 1 aliphatic carbocycles. The van der Waals surface area contributed by atoms with Crippen molar-refractivity contribution in [2.45, 2.75) is 32.6 Å². The first kappa shape index (κ1) is 13.2. The van der Waals surface area contributed by atoms with Crippen molar-refractivity contribution in [3.63, 3.8) is 0 Å². The lowest BCUT2D eigenvalue weighted by Gasteiger charge is -2.37. The Labute approximate surface area is 119 Å². The van der Waals surface area contributed by atoms with Gasteiger partial charge in [-0.3, -0.25) is 4.79 Å². The first-order valence-corrected chi connectivity index (χ1v) is 7.25. The van der Waals surface area contributed by atoms with Crippen LogP contribution in [0.2, 0.25) is 0 Å². The molecule has 1 aromatic carbocycles. The first-order chi connectivity index (χ1) is 9.58. The van der Waals surface area contributed by atoms with E-state index in [2.05, 4.69) is 5.32 Å². The smallest absolute Gasteiger partial charge is 0.321 e. The van der Waals surface area contributed by atoms with Gasteiger partial charge in [0.25, 0.3) is 0 Å². The summed E-state index contributed by atoms with van der Waals surface area (Å²) in [5.74, 6) is 0.00990. The second kappa shape index (κ2) is 4.93. The Balaban J connectivity index is 1.64. The number of ketones is 1. The fourth-order valence-corrected chi connectivity index (χ4v) is 3.21. The Morgan fingerprint density at radius 1 is 1.25 bits per heavy atom. The minimum absolute atomic E-state index is 0.00990. The van der Waals surface area contributed by atoms with E-state index in [0.29, 0.717) is 16.7 Å². The third-order valence-corrected chi connectivity index (χ3v) is 4.66. The van der Waals surface area contributed by atoms with Crippen molar-refractivity contribution < 1.29 is 9.59 Å². The van der Waals surface area contributed by atoms with Crippen LogP contribution in [0.1, 0.15) is 43.0 Å². The number of hydrogen-bond donors (Lipinski definition) is 1. The zero-order valence-corrected chi connectivity index (χ0v) is 11.8. The zero-order valence-electron chi connectivity index (χ0n) is 11.8. The van der Waals surface area contributed by atoms with Crippen molar-refractivity contribution in [1.29, 1.82) is 0 Å². The second-order valence-electron chi connectivity index (χ2n) is 6.09. The molecule has 4 nitrogen and oxygen atoms in total. The Kier molecular flexibility index (Phi) is 3.24. The number of anilines is 1. The molecule has 3 rings (SSSR count). The van der Waals surface area contributed by atoms with Crippen molar-refractivity contribution in [1.82, 2.24) is 4.90 Å². The number of carbonyl (C=O) groups is 2. The quantitative estimate of drug-likeness (QED) is 0.840. The number of Topliss-reactive ketones (excluding diaryl/α,β-unsaturated/α-hetero) is 1. The Morgan fingerprint density at radius 2 is 2.05 bits per heavy atom. The van der Waals surface area contributed by atoms with Crippen LogP contribution in [0.3, 0.4) is 0 Å². The van der Waals surface area contributed by atoms with Crippen LogP contribution in [-0.4, -0.2) is 29.8 Å². The van der Waals surface area contributed by atoms with Crippen LogP contribution in [0.15, 0.2) is 24.3 Å². The van der Waals surface area contributed by atoms with Crippen LogP contribution < -0.4 is 5.32 Å². The predicted molar refractivity (Wildman–Crippen MR) is 77.9 cm³/mol. The highest BCUT2D eigenvalue weighted by molar-refractivity contribution is 5.96. The molecule has 4 heteroatoms. The van der Waals surface area contributed by atoms with Gasteiger partial charge in [-0.2, -0.15) is 0 Å². The van der Waals surface area contributed by atoms with Crippen molar-refractivity contribution in [2.24, 2.45) is 5.41 Å². The van der Waals surface area contributed by atoms with Gasteiger partial charge in [-0.05, 0) is 43.7 Å². The number of urea groups is 1. The van der Waals surface area contributed by atoms with E-state index in [9.17, 15) is 9.59 Å². The lowest BCUT2D eigenvalue weighted by molar-refractivity contribution is 0.101. The van der Waals surface area contributed by atoms with Crippen LogP contribution in [0.4, 0.5) is 10.5 Å². The van der Waals surface area contributed by atoms with Gasteiger partial charge in [0.05, 0.1) is 0 Å². The first-order valence-electron chi connectivity index (χ1n) is 7.25. The molecule has 1 saturated carbocycles. The van der Waals surface area contributed by atoms with E-state index in [0.717, 1.165) is 19.5 Å². The molecule has 1 heterocycles. The molecule has 106 valence electrons. The molecule has 0 aromatic heterocycles. The molecule has 0 bridgehead atoms. The van der Waals surface area contributed by atoms with E-state index in [1.807, 2.05) is 11.0 Å². The molecule has 1 aromatic rings. The number of benzene rings is 1. The maximum Gasteiger partial charge on any atom is 0.321 e. The van der Waals surface area contributed by atoms with E-state index in [4.69, 9.17) is 0 Å². The monoisotopic (exact) mass is 272 g/mol. The average Bonchev–Trinajstić information content (AvgIpc) is 2.84. The van der Waals surface area contributed by atoms with Crippen LogP contribution >= 0.6 is 0 Å². The van der Waals surface area contributed by atoms with Crippen molar-refractivity contribution >= 4 is 17.5 Å². The topological polar surface area (TPSA) is 49.4 Å². The largest absolute Gasteiger partial charge is 0.324 e. The molecule has 20 heavy (non-hydrogen) atoms. The maximum absolute atomic E-state index is 12.3. The van der Waals surface area contributed by atoms with Crippen LogP contribution in [0, 0.1) is 5.41 Å². The number of amides is 2. The minimum Gasteiger partial charge on any atom is -0.324 e. The highest BCUT2D eigenvalue weighted by Crippen LogP contribution is 2.47. The Morgan fingerprint density at radius 3 is 2.65 bits per heavy atom. The molecule has 2 aliphatic rings. The summed E-state index contributed by atoms with van der Waals surface area (Å²) < 4.78 is 0. The van der Waals surface area contributed by atoms with Gasteiger partial charge in [0, 0.05) is 24.3 Å². The summed E-state index contributed by atoms with van der Waals surface area (Å²) >= 11 is 0. The van der Waals surface area contributed by atoms with Gasteiger partial charge < -0.3 is 10.2 Å². The Hall–Kier alpha value is -1.84. The molecule has 1 spiro atoms. The van der Waals surface area contributed by atoms with Crippen molar-refractivity contribution in [3.8, 4) is 0 Å². The lowest BCUT2D eigenvalue weighted by atomic mass is 9.68. The van der Waals surface area contributed by atoms with E-state index in [1.165, 1.54) is 26.2 Å². The standard InChI is InChI=1S/C16H20N2O2/c1-12(19)13-4-2-5-14(10-13)17-15(20)18-9-8-16(11-18)6-3-7-16/h2,4-5,10H,3,6-9,11H2,1H3,(H,17,20). The van der Waals surface area contributed by atoms with E-state index in [-0.39, 0.29) is 11.8 Å². The summed E-state index contributed by atoms with van der Waals surface area (Å²) in [6.45, 7) is 3.26. The maximum atomic E-state index is 12.3. The van der Waals surface area contributed by atoms with Crippen LogP contribution in [-0.2, 0) is 0 Å². The molecule has 2 amide bonds. The number of carbonyl (C=O) groups excluding carboxylic acids is 2. The molecule has 0 atom stereocenters. The minimum atomic E-state index is -0.0468. The van der Waals surface area contributed by atoms with Gasteiger partial charge >= 0.3 is 6.03 Å². The van der Waals surface area contributed by atoms with Gasteiger partial charge in [-0.25, -0.2) is 4.79 Å². The highest BCUT2D eigenvalue weighted by atomic mass is 16.2. The molecule has 0 radical (unpaired) electrons.